The number of nitrogens with zero attached hydrogens (tertiary/aromatic N) is 1. The molecule has 1 heterocycles. The molecule has 0 aromatic carbocycles. The van der Waals surface area contributed by atoms with Crippen LogP contribution >= 0.6 is 0 Å². The third-order valence-electron chi connectivity index (χ3n) is 1.36. The lowest BCUT2D eigenvalue weighted by atomic mass is 10.2. The van der Waals surface area contributed by atoms with Gasteiger partial charge in [-0.2, -0.15) is 0 Å². The minimum atomic E-state index is -0.690. The van der Waals surface area contributed by atoms with Crippen molar-refractivity contribution in [3.63, 3.8) is 0 Å². The normalized spacial score (nSPS) is 34.8. The third-order valence-corrected chi connectivity index (χ3v) is 1.36. The monoisotopic (exact) mass is 132 g/mol. The summed E-state index contributed by atoms with van der Waals surface area (Å²) in [6, 6.07) is -1.11. The molecular formula is C4H8N2O3. The zero-order valence-corrected chi connectivity index (χ0v) is 4.82. The van der Waals surface area contributed by atoms with Gasteiger partial charge in [-0.3, -0.25) is 10.1 Å². The Labute approximate surface area is 51.9 Å². The van der Waals surface area contributed by atoms with Crippen molar-refractivity contribution in [3.8, 4) is 0 Å². The predicted octanol–water partition coefficient (Wildman–Crippen LogP) is -1.01. The average molecular weight is 132 g/mol. The lowest BCUT2D eigenvalue weighted by Crippen LogP contribution is -2.38. The number of nitro groups is 1. The van der Waals surface area contributed by atoms with Crippen molar-refractivity contribution in [2.45, 2.75) is 12.1 Å². The van der Waals surface area contributed by atoms with Crippen molar-refractivity contribution in [2.24, 2.45) is 5.73 Å². The molecule has 0 bridgehead atoms. The van der Waals surface area contributed by atoms with E-state index in [-0.39, 0.29) is 6.61 Å². The average Bonchev–Trinajstić information content (AvgIpc) is 2.13. The Hall–Kier alpha value is -0.680. The van der Waals surface area contributed by atoms with Crippen LogP contribution in [0.3, 0.4) is 0 Å². The van der Waals surface area contributed by atoms with Gasteiger partial charge in [-0.05, 0) is 0 Å². The SMILES string of the molecule is N[C@H]1COC[C@@H]1[N+](=O)[O-]. The molecule has 0 saturated carbocycles. The smallest absolute Gasteiger partial charge is 0.253 e. The van der Waals surface area contributed by atoms with Crippen LogP contribution in [0.4, 0.5) is 0 Å². The summed E-state index contributed by atoms with van der Waals surface area (Å²) in [5, 5.41) is 10.1. The molecule has 0 unspecified atom stereocenters. The Bertz CT molecular complexity index is 127. The number of rotatable bonds is 1. The molecule has 0 aromatic rings. The first-order chi connectivity index (χ1) is 4.22. The van der Waals surface area contributed by atoms with Gasteiger partial charge in [0, 0.05) is 4.92 Å². The van der Waals surface area contributed by atoms with Crippen LogP contribution in [-0.4, -0.2) is 30.2 Å². The number of nitrogens with two attached hydrogens (primary N) is 1. The summed E-state index contributed by atoms with van der Waals surface area (Å²) in [5.74, 6) is 0. The van der Waals surface area contributed by atoms with Crippen LogP contribution in [0.25, 0.3) is 0 Å². The largest absolute Gasteiger partial charge is 0.372 e. The summed E-state index contributed by atoms with van der Waals surface area (Å²) in [5.41, 5.74) is 5.31. The predicted molar refractivity (Wildman–Crippen MR) is 29.6 cm³/mol. The van der Waals surface area contributed by atoms with E-state index in [0.29, 0.717) is 6.61 Å². The minimum absolute atomic E-state index is 0.161. The van der Waals surface area contributed by atoms with E-state index in [9.17, 15) is 10.1 Å². The van der Waals surface area contributed by atoms with E-state index < -0.39 is 17.0 Å². The lowest BCUT2D eigenvalue weighted by Gasteiger charge is -2.01. The Morgan fingerprint density at radius 3 is 2.56 bits per heavy atom. The molecule has 1 aliphatic heterocycles. The first kappa shape index (κ1) is 6.44. The van der Waals surface area contributed by atoms with Gasteiger partial charge >= 0.3 is 0 Å². The zero-order valence-electron chi connectivity index (χ0n) is 4.82. The van der Waals surface area contributed by atoms with Gasteiger partial charge in [-0.1, -0.05) is 0 Å². The molecular weight excluding hydrogens is 124 g/mol. The molecule has 0 spiro atoms. The van der Waals surface area contributed by atoms with Crippen molar-refractivity contribution < 1.29 is 9.66 Å². The molecule has 5 heteroatoms. The van der Waals surface area contributed by atoms with Crippen molar-refractivity contribution in [1.29, 1.82) is 0 Å². The second kappa shape index (κ2) is 2.28. The highest BCUT2D eigenvalue weighted by molar-refractivity contribution is 4.76. The van der Waals surface area contributed by atoms with Gasteiger partial charge in [0.2, 0.25) is 0 Å². The van der Waals surface area contributed by atoms with E-state index in [1.165, 1.54) is 0 Å². The van der Waals surface area contributed by atoms with Gasteiger partial charge < -0.3 is 10.5 Å². The summed E-state index contributed by atoms with van der Waals surface area (Å²) in [4.78, 5) is 9.67. The van der Waals surface area contributed by atoms with Crippen molar-refractivity contribution in [3.05, 3.63) is 10.1 Å². The van der Waals surface area contributed by atoms with Gasteiger partial charge in [0.05, 0.1) is 12.6 Å². The second-order valence-electron chi connectivity index (χ2n) is 2.05. The third kappa shape index (κ3) is 1.17. The number of hydrogen-bond donors (Lipinski definition) is 1. The maximum atomic E-state index is 10.1. The summed E-state index contributed by atoms with van der Waals surface area (Å²) in [6.45, 7) is 0.472. The fraction of sp³-hybridized carbons (Fsp3) is 1.00. The topological polar surface area (TPSA) is 78.4 Å². The van der Waals surface area contributed by atoms with Crippen LogP contribution in [0, 0.1) is 10.1 Å². The van der Waals surface area contributed by atoms with Crippen molar-refractivity contribution in [2.75, 3.05) is 13.2 Å². The van der Waals surface area contributed by atoms with Gasteiger partial charge in [-0.15, -0.1) is 0 Å². The van der Waals surface area contributed by atoms with Crippen molar-refractivity contribution in [1.82, 2.24) is 0 Å². The standard InChI is InChI=1S/C4H8N2O3/c5-3-1-9-2-4(3)6(7)8/h3-4H,1-2,5H2/t3-,4-/m0/s1. The first-order valence-electron chi connectivity index (χ1n) is 2.68. The zero-order chi connectivity index (χ0) is 6.85. The van der Waals surface area contributed by atoms with Gasteiger partial charge in [0.25, 0.3) is 6.04 Å². The van der Waals surface area contributed by atoms with E-state index in [2.05, 4.69) is 0 Å². The maximum absolute atomic E-state index is 10.1. The molecule has 1 fully saturated rings. The Morgan fingerprint density at radius 1 is 1.67 bits per heavy atom. The molecule has 52 valence electrons. The van der Waals surface area contributed by atoms with Crippen LogP contribution in [0.5, 0.6) is 0 Å². The highest BCUT2D eigenvalue weighted by atomic mass is 16.6. The quantitative estimate of drug-likeness (QED) is 0.366. The van der Waals surface area contributed by atoms with Crippen LogP contribution in [0.15, 0.2) is 0 Å². The van der Waals surface area contributed by atoms with E-state index in [1.807, 2.05) is 0 Å². The molecule has 0 amide bonds. The number of ether oxygens (including phenoxy) is 1. The van der Waals surface area contributed by atoms with Gasteiger partial charge in [-0.25, -0.2) is 0 Å². The molecule has 0 aliphatic carbocycles. The van der Waals surface area contributed by atoms with E-state index >= 15 is 0 Å². The summed E-state index contributed by atoms with van der Waals surface area (Å²) in [6.07, 6.45) is 0. The fourth-order valence-electron chi connectivity index (χ4n) is 0.777. The Kier molecular flexibility index (Phi) is 1.63. The molecule has 9 heavy (non-hydrogen) atoms. The van der Waals surface area contributed by atoms with Crippen LogP contribution < -0.4 is 5.73 Å². The van der Waals surface area contributed by atoms with Crippen LogP contribution in [0.2, 0.25) is 0 Å². The fourth-order valence-corrected chi connectivity index (χ4v) is 0.777. The van der Waals surface area contributed by atoms with E-state index in [0.717, 1.165) is 0 Å². The first-order valence-corrected chi connectivity index (χ1v) is 2.68. The van der Waals surface area contributed by atoms with E-state index in [1.54, 1.807) is 0 Å². The second-order valence-corrected chi connectivity index (χ2v) is 2.05. The molecule has 2 N–H and O–H groups in total. The summed E-state index contributed by atoms with van der Waals surface area (Å²) < 4.78 is 4.76. The summed E-state index contributed by atoms with van der Waals surface area (Å²) in [7, 11) is 0. The van der Waals surface area contributed by atoms with E-state index in [4.69, 9.17) is 10.5 Å². The Balaban J connectivity index is 2.49. The molecule has 0 aromatic heterocycles. The molecule has 5 nitrogen and oxygen atoms in total. The van der Waals surface area contributed by atoms with Crippen LogP contribution in [-0.2, 0) is 4.74 Å². The highest BCUT2D eigenvalue weighted by Gasteiger charge is 2.34. The molecule has 1 aliphatic rings. The Morgan fingerprint density at radius 2 is 2.33 bits per heavy atom. The molecule has 2 atom stereocenters. The number of hydrogen-bond acceptors (Lipinski definition) is 4. The van der Waals surface area contributed by atoms with Crippen molar-refractivity contribution >= 4 is 0 Å². The molecule has 1 saturated heterocycles. The minimum Gasteiger partial charge on any atom is -0.372 e. The van der Waals surface area contributed by atoms with Gasteiger partial charge in [0.15, 0.2) is 0 Å². The lowest BCUT2D eigenvalue weighted by molar-refractivity contribution is -0.521. The van der Waals surface area contributed by atoms with Crippen LogP contribution in [0.1, 0.15) is 0 Å². The highest BCUT2D eigenvalue weighted by Crippen LogP contribution is 2.05. The molecule has 1 rings (SSSR count). The van der Waals surface area contributed by atoms with Gasteiger partial charge in [0.1, 0.15) is 6.61 Å². The summed E-state index contributed by atoms with van der Waals surface area (Å²) >= 11 is 0. The maximum Gasteiger partial charge on any atom is 0.253 e. The molecule has 0 radical (unpaired) electrons.